The fourth-order valence-corrected chi connectivity index (χ4v) is 3.47. The van der Waals surface area contributed by atoms with Gasteiger partial charge in [-0.15, -0.1) is 0 Å². The lowest BCUT2D eigenvalue weighted by atomic mass is 10.2. The summed E-state index contributed by atoms with van der Waals surface area (Å²) in [6.07, 6.45) is 0. The first-order valence-electron chi connectivity index (χ1n) is 8.33. The van der Waals surface area contributed by atoms with Crippen molar-refractivity contribution >= 4 is 7.82 Å². The summed E-state index contributed by atoms with van der Waals surface area (Å²) in [7, 11) is -3.86. The Bertz CT molecular complexity index is 823. The maximum absolute atomic E-state index is 13.2. The zero-order valence-electron chi connectivity index (χ0n) is 14.8. The predicted molar refractivity (Wildman–Crippen MR) is 102 cm³/mol. The van der Waals surface area contributed by atoms with Crippen LogP contribution in [0.25, 0.3) is 0 Å². The fourth-order valence-electron chi connectivity index (χ4n) is 2.26. The zero-order valence-corrected chi connectivity index (χ0v) is 15.7. The first-order valence-corrected chi connectivity index (χ1v) is 9.79. The molecule has 0 N–H and O–H groups in total. The van der Waals surface area contributed by atoms with Crippen LogP contribution in [0, 0.1) is 13.8 Å². The van der Waals surface area contributed by atoms with Gasteiger partial charge in [0.25, 0.3) is 0 Å². The second-order valence-corrected chi connectivity index (χ2v) is 7.53. The van der Waals surface area contributed by atoms with Crippen LogP contribution in [-0.4, -0.2) is 0 Å². The van der Waals surface area contributed by atoms with Crippen LogP contribution >= 0.6 is 7.82 Å². The largest absolute Gasteiger partial charge is 0.587 e. The summed E-state index contributed by atoms with van der Waals surface area (Å²) in [4.78, 5) is 0. The standard InChI is InChI=1S/C21H21O4P/c1-17-8-12-20(13-9-17)24-26(22,23-16-19-6-4-3-5-7-19)25-21-14-10-18(2)11-15-21/h3-15H,16H2,1-2H3. The van der Waals surface area contributed by atoms with Crippen molar-refractivity contribution in [2.45, 2.75) is 20.5 Å². The smallest absolute Gasteiger partial charge is 0.395 e. The molecule has 0 saturated carbocycles. The minimum Gasteiger partial charge on any atom is -0.395 e. The van der Waals surface area contributed by atoms with Gasteiger partial charge in [0.1, 0.15) is 11.5 Å². The van der Waals surface area contributed by atoms with Crippen molar-refractivity contribution in [1.82, 2.24) is 0 Å². The van der Waals surface area contributed by atoms with Gasteiger partial charge in [-0.3, -0.25) is 4.52 Å². The van der Waals surface area contributed by atoms with Gasteiger partial charge in [0.05, 0.1) is 6.61 Å². The van der Waals surface area contributed by atoms with Crippen LogP contribution in [0.5, 0.6) is 11.5 Å². The molecule has 0 unspecified atom stereocenters. The molecular formula is C21H21O4P. The average Bonchev–Trinajstić information content (AvgIpc) is 2.65. The molecular weight excluding hydrogens is 347 g/mol. The Kier molecular flexibility index (Phi) is 5.77. The number of rotatable bonds is 7. The van der Waals surface area contributed by atoms with E-state index >= 15 is 0 Å². The third-order valence-corrected chi connectivity index (χ3v) is 5.02. The van der Waals surface area contributed by atoms with E-state index in [2.05, 4.69) is 0 Å². The zero-order chi connectivity index (χ0) is 18.4. The molecule has 3 rings (SSSR count). The lowest BCUT2D eigenvalue weighted by Gasteiger charge is -2.19. The summed E-state index contributed by atoms with van der Waals surface area (Å²) in [6, 6.07) is 24.0. The first-order chi connectivity index (χ1) is 12.5. The second kappa shape index (κ2) is 8.22. The van der Waals surface area contributed by atoms with Gasteiger partial charge in [-0.2, -0.15) is 0 Å². The molecule has 0 fully saturated rings. The quantitative estimate of drug-likeness (QED) is 0.474. The number of hydrogen-bond acceptors (Lipinski definition) is 4. The summed E-state index contributed by atoms with van der Waals surface area (Å²) in [5.74, 6) is 0.859. The Labute approximate surface area is 154 Å². The molecule has 3 aromatic carbocycles. The molecule has 0 heterocycles. The molecule has 0 aliphatic rings. The molecule has 0 aromatic heterocycles. The van der Waals surface area contributed by atoms with Gasteiger partial charge >= 0.3 is 7.82 Å². The van der Waals surface area contributed by atoms with Crippen LogP contribution in [0.15, 0.2) is 78.9 Å². The van der Waals surface area contributed by atoms with Crippen LogP contribution in [-0.2, 0) is 15.7 Å². The van der Waals surface area contributed by atoms with Crippen molar-refractivity contribution in [3.05, 3.63) is 95.6 Å². The van der Waals surface area contributed by atoms with E-state index in [0.717, 1.165) is 16.7 Å². The van der Waals surface area contributed by atoms with Crippen molar-refractivity contribution in [3.8, 4) is 11.5 Å². The van der Waals surface area contributed by atoms with Gasteiger partial charge in [-0.05, 0) is 43.7 Å². The second-order valence-electron chi connectivity index (χ2n) is 6.01. The number of phosphoric acid groups is 1. The predicted octanol–water partition coefficient (Wildman–Crippen LogP) is 6.09. The Hall–Kier alpha value is -2.55. The van der Waals surface area contributed by atoms with Gasteiger partial charge < -0.3 is 9.05 Å². The third kappa shape index (κ3) is 5.22. The summed E-state index contributed by atoms with van der Waals surface area (Å²) in [5.41, 5.74) is 3.04. The summed E-state index contributed by atoms with van der Waals surface area (Å²) < 4.78 is 30.1. The molecule has 0 aliphatic heterocycles. The molecule has 26 heavy (non-hydrogen) atoms. The molecule has 3 aromatic rings. The van der Waals surface area contributed by atoms with E-state index in [1.54, 1.807) is 24.3 Å². The number of aryl methyl sites for hydroxylation is 2. The average molecular weight is 368 g/mol. The van der Waals surface area contributed by atoms with Crippen molar-refractivity contribution in [2.24, 2.45) is 0 Å². The van der Waals surface area contributed by atoms with Crippen LogP contribution in [0.3, 0.4) is 0 Å². The molecule has 0 radical (unpaired) electrons. The fraction of sp³-hybridized carbons (Fsp3) is 0.143. The van der Waals surface area contributed by atoms with Crippen LogP contribution in [0.1, 0.15) is 16.7 Å². The molecule has 0 atom stereocenters. The van der Waals surface area contributed by atoms with Crippen molar-refractivity contribution in [3.63, 3.8) is 0 Å². The molecule has 0 spiro atoms. The van der Waals surface area contributed by atoms with Crippen LogP contribution in [0.4, 0.5) is 0 Å². The van der Waals surface area contributed by atoms with E-state index in [-0.39, 0.29) is 6.61 Å². The molecule has 4 nitrogen and oxygen atoms in total. The molecule has 0 saturated heterocycles. The topological polar surface area (TPSA) is 44.8 Å². The normalized spacial score (nSPS) is 11.2. The highest BCUT2D eigenvalue weighted by Crippen LogP contribution is 2.50. The maximum Gasteiger partial charge on any atom is 0.587 e. The highest BCUT2D eigenvalue weighted by atomic mass is 31.2. The van der Waals surface area contributed by atoms with Crippen molar-refractivity contribution in [1.29, 1.82) is 0 Å². The Morgan fingerprint density at radius 1 is 0.692 bits per heavy atom. The summed E-state index contributed by atoms with van der Waals surface area (Å²) in [5, 5.41) is 0. The van der Waals surface area contributed by atoms with Crippen molar-refractivity contribution < 1.29 is 18.1 Å². The lowest BCUT2D eigenvalue weighted by Crippen LogP contribution is -2.05. The van der Waals surface area contributed by atoms with E-state index in [1.807, 2.05) is 68.4 Å². The van der Waals surface area contributed by atoms with Gasteiger partial charge in [-0.25, -0.2) is 4.57 Å². The van der Waals surface area contributed by atoms with Crippen molar-refractivity contribution in [2.75, 3.05) is 0 Å². The highest BCUT2D eigenvalue weighted by molar-refractivity contribution is 7.49. The molecule has 134 valence electrons. The van der Waals surface area contributed by atoms with Gasteiger partial charge in [0, 0.05) is 0 Å². The molecule has 0 bridgehead atoms. The van der Waals surface area contributed by atoms with Crippen LogP contribution < -0.4 is 9.05 Å². The number of hydrogen-bond donors (Lipinski definition) is 0. The first kappa shape index (κ1) is 18.2. The van der Waals surface area contributed by atoms with Gasteiger partial charge in [-0.1, -0.05) is 65.7 Å². The van der Waals surface area contributed by atoms with Gasteiger partial charge in [0.2, 0.25) is 0 Å². The summed E-state index contributed by atoms with van der Waals surface area (Å²) >= 11 is 0. The number of phosphoric ester groups is 1. The van der Waals surface area contributed by atoms with Gasteiger partial charge in [0.15, 0.2) is 0 Å². The molecule has 5 heteroatoms. The third-order valence-electron chi connectivity index (χ3n) is 3.71. The number of benzene rings is 3. The summed E-state index contributed by atoms with van der Waals surface area (Å²) in [6.45, 7) is 4.06. The molecule has 0 amide bonds. The Balaban J connectivity index is 1.80. The monoisotopic (exact) mass is 368 g/mol. The van der Waals surface area contributed by atoms with E-state index in [0.29, 0.717) is 11.5 Å². The minimum absolute atomic E-state index is 0.121. The molecule has 0 aliphatic carbocycles. The maximum atomic E-state index is 13.2. The van der Waals surface area contributed by atoms with E-state index in [9.17, 15) is 4.57 Å². The van der Waals surface area contributed by atoms with E-state index in [1.165, 1.54) is 0 Å². The van der Waals surface area contributed by atoms with Crippen LogP contribution in [0.2, 0.25) is 0 Å². The SMILES string of the molecule is Cc1ccc(OP(=O)(OCc2ccccc2)Oc2ccc(C)cc2)cc1. The highest BCUT2D eigenvalue weighted by Gasteiger charge is 2.31. The van der Waals surface area contributed by atoms with E-state index in [4.69, 9.17) is 13.6 Å². The Morgan fingerprint density at radius 3 is 1.62 bits per heavy atom. The van der Waals surface area contributed by atoms with E-state index < -0.39 is 7.82 Å². The minimum atomic E-state index is -3.86. The Morgan fingerprint density at radius 2 is 1.15 bits per heavy atom. The lowest BCUT2D eigenvalue weighted by molar-refractivity contribution is 0.201.